The number of ether oxygens (including phenoxy) is 1. The number of hydrogen-bond donors (Lipinski definition) is 2. The van der Waals surface area contributed by atoms with Gasteiger partial charge in [-0.25, -0.2) is 9.78 Å². The summed E-state index contributed by atoms with van der Waals surface area (Å²) in [5.41, 5.74) is 4.90. The van der Waals surface area contributed by atoms with Gasteiger partial charge < -0.3 is 25.3 Å². The van der Waals surface area contributed by atoms with Crippen molar-refractivity contribution >= 4 is 28.9 Å². The fourth-order valence-electron chi connectivity index (χ4n) is 4.06. The Hall–Kier alpha value is -3.71. The molecule has 1 saturated heterocycles. The Morgan fingerprint density at radius 2 is 1.82 bits per heavy atom. The SMILES string of the molecule is CCOC(=O)c1cc(-c2ccc(N3CC(N(C)C)C3)cc2)c(C(C)=N)c(Nc2ccccc2)n1. The first-order valence-electron chi connectivity index (χ1n) is 11.5. The number of pyridine rings is 1. The van der Waals surface area contributed by atoms with E-state index in [2.05, 4.69) is 46.3 Å². The third-order valence-electron chi connectivity index (χ3n) is 6.05. The summed E-state index contributed by atoms with van der Waals surface area (Å²) in [5, 5.41) is 11.8. The normalized spacial score (nSPS) is 13.5. The highest BCUT2D eigenvalue weighted by Crippen LogP contribution is 2.33. The van der Waals surface area contributed by atoms with Gasteiger partial charge in [-0.15, -0.1) is 0 Å². The minimum Gasteiger partial charge on any atom is -0.461 e. The molecule has 7 heteroatoms. The largest absolute Gasteiger partial charge is 0.461 e. The number of rotatable bonds is 8. The number of anilines is 3. The lowest BCUT2D eigenvalue weighted by molar-refractivity contribution is 0.0519. The van der Waals surface area contributed by atoms with Gasteiger partial charge in [-0.2, -0.15) is 0 Å². The lowest BCUT2D eigenvalue weighted by Crippen LogP contribution is -2.57. The predicted octanol–water partition coefficient (Wildman–Crippen LogP) is 4.81. The van der Waals surface area contributed by atoms with Crippen LogP contribution in [0.1, 0.15) is 29.9 Å². The van der Waals surface area contributed by atoms with Gasteiger partial charge in [0.2, 0.25) is 0 Å². The fourth-order valence-corrected chi connectivity index (χ4v) is 4.06. The zero-order chi connectivity index (χ0) is 24.2. The molecule has 0 radical (unpaired) electrons. The molecule has 2 aromatic carbocycles. The number of likely N-dealkylation sites (N-methyl/N-ethyl adjacent to an activating group) is 1. The van der Waals surface area contributed by atoms with Gasteiger partial charge in [0.15, 0.2) is 5.69 Å². The van der Waals surface area contributed by atoms with Gasteiger partial charge in [0, 0.05) is 41.8 Å². The lowest BCUT2D eigenvalue weighted by atomic mass is 9.96. The predicted molar refractivity (Wildman–Crippen MR) is 138 cm³/mol. The first-order valence-corrected chi connectivity index (χ1v) is 11.5. The van der Waals surface area contributed by atoms with Crippen LogP contribution >= 0.6 is 0 Å². The van der Waals surface area contributed by atoms with Crippen molar-refractivity contribution < 1.29 is 9.53 Å². The van der Waals surface area contributed by atoms with Crippen molar-refractivity contribution in [3.05, 3.63) is 71.9 Å². The van der Waals surface area contributed by atoms with Gasteiger partial charge in [-0.3, -0.25) is 0 Å². The Balaban J connectivity index is 1.74. The van der Waals surface area contributed by atoms with E-state index in [1.807, 2.05) is 42.5 Å². The van der Waals surface area contributed by atoms with Gasteiger partial charge in [-0.05, 0) is 69.4 Å². The zero-order valence-corrected chi connectivity index (χ0v) is 20.1. The average molecular weight is 458 g/mol. The van der Waals surface area contributed by atoms with Crippen LogP contribution in [0.3, 0.4) is 0 Å². The van der Waals surface area contributed by atoms with E-state index in [-0.39, 0.29) is 12.3 Å². The highest BCUT2D eigenvalue weighted by atomic mass is 16.5. The fraction of sp³-hybridized carbons (Fsp3) is 0.296. The first kappa shape index (κ1) is 23.4. The van der Waals surface area contributed by atoms with Crippen LogP contribution in [0.5, 0.6) is 0 Å². The average Bonchev–Trinajstić information content (AvgIpc) is 2.78. The maximum Gasteiger partial charge on any atom is 0.357 e. The van der Waals surface area contributed by atoms with E-state index in [1.54, 1.807) is 19.9 Å². The van der Waals surface area contributed by atoms with Crippen LogP contribution in [0.25, 0.3) is 11.1 Å². The van der Waals surface area contributed by atoms with E-state index in [0.29, 0.717) is 23.1 Å². The smallest absolute Gasteiger partial charge is 0.357 e. The molecule has 0 amide bonds. The van der Waals surface area contributed by atoms with Crippen molar-refractivity contribution in [3.63, 3.8) is 0 Å². The van der Waals surface area contributed by atoms with Crippen LogP contribution < -0.4 is 10.2 Å². The van der Waals surface area contributed by atoms with Crippen molar-refractivity contribution in [3.8, 4) is 11.1 Å². The molecule has 2 N–H and O–H groups in total. The van der Waals surface area contributed by atoms with E-state index >= 15 is 0 Å². The summed E-state index contributed by atoms with van der Waals surface area (Å²) in [7, 11) is 4.22. The molecule has 7 nitrogen and oxygen atoms in total. The van der Waals surface area contributed by atoms with E-state index in [0.717, 1.165) is 35.6 Å². The quantitative estimate of drug-likeness (QED) is 0.373. The second-order valence-corrected chi connectivity index (χ2v) is 8.68. The number of carbonyl (C=O) groups is 1. The summed E-state index contributed by atoms with van der Waals surface area (Å²) in [5.74, 6) is -0.0270. The number of hydrogen-bond acceptors (Lipinski definition) is 7. The Kier molecular flexibility index (Phi) is 6.93. The number of esters is 1. The molecule has 1 fully saturated rings. The van der Waals surface area contributed by atoms with Crippen LogP contribution in [0.15, 0.2) is 60.7 Å². The molecule has 3 aromatic rings. The number of aromatic nitrogens is 1. The van der Waals surface area contributed by atoms with Crippen LogP contribution in [0, 0.1) is 5.41 Å². The third-order valence-corrected chi connectivity index (χ3v) is 6.05. The van der Waals surface area contributed by atoms with Gasteiger partial charge in [0.05, 0.1) is 6.61 Å². The summed E-state index contributed by atoms with van der Waals surface area (Å²) in [6, 6.07) is 20.2. The number of nitrogens with one attached hydrogen (secondary N) is 2. The molecule has 1 aliphatic heterocycles. The Morgan fingerprint density at radius 1 is 1.15 bits per heavy atom. The van der Waals surface area contributed by atoms with Crippen molar-refractivity contribution in [2.24, 2.45) is 0 Å². The molecular formula is C27H31N5O2. The monoisotopic (exact) mass is 457 g/mol. The van der Waals surface area contributed by atoms with E-state index in [9.17, 15) is 4.79 Å². The number of carbonyl (C=O) groups excluding carboxylic acids is 1. The van der Waals surface area contributed by atoms with E-state index in [1.165, 1.54) is 0 Å². The molecule has 0 aliphatic carbocycles. The summed E-state index contributed by atoms with van der Waals surface area (Å²) >= 11 is 0. The molecule has 0 bridgehead atoms. The summed E-state index contributed by atoms with van der Waals surface area (Å²) in [4.78, 5) is 21.8. The third kappa shape index (κ3) is 4.94. The summed E-state index contributed by atoms with van der Waals surface area (Å²) in [6.07, 6.45) is 0. The molecular weight excluding hydrogens is 426 g/mol. The van der Waals surface area contributed by atoms with Crippen molar-refractivity contribution in [2.45, 2.75) is 19.9 Å². The highest BCUT2D eigenvalue weighted by molar-refractivity contribution is 6.08. The topological polar surface area (TPSA) is 81.5 Å². The Labute approximate surface area is 200 Å². The molecule has 1 aromatic heterocycles. The minimum atomic E-state index is -0.485. The summed E-state index contributed by atoms with van der Waals surface area (Å²) < 4.78 is 5.23. The molecule has 176 valence electrons. The summed E-state index contributed by atoms with van der Waals surface area (Å²) in [6.45, 7) is 5.78. The van der Waals surface area contributed by atoms with Crippen molar-refractivity contribution in [2.75, 3.05) is 44.0 Å². The molecule has 2 heterocycles. The molecule has 1 aliphatic rings. The van der Waals surface area contributed by atoms with Gasteiger partial charge in [-0.1, -0.05) is 30.3 Å². The van der Waals surface area contributed by atoms with Crippen LogP contribution in [0.2, 0.25) is 0 Å². The van der Waals surface area contributed by atoms with E-state index in [4.69, 9.17) is 10.1 Å². The van der Waals surface area contributed by atoms with Crippen LogP contribution in [0.4, 0.5) is 17.2 Å². The second kappa shape index (κ2) is 10.1. The molecule has 0 unspecified atom stereocenters. The maximum absolute atomic E-state index is 12.6. The van der Waals surface area contributed by atoms with Crippen LogP contribution in [-0.4, -0.2) is 61.4 Å². The lowest BCUT2D eigenvalue weighted by Gasteiger charge is -2.44. The van der Waals surface area contributed by atoms with Gasteiger partial charge in [0.1, 0.15) is 5.82 Å². The molecule has 0 saturated carbocycles. The molecule has 0 spiro atoms. The van der Waals surface area contributed by atoms with E-state index < -0.39 is 5.97 Å². The number of nitrogens with zero attached hydrogens (tertiary/aromatic N) is 3. The number of benzene rings is 2. The Morgan fingerprint density at radius 3 is 2.41 bits per heavy atom. The van der Waals surface area contributed by atoms with Crippen molar-refractivity contribution in [1.82, 2.24) is 9.88 Å². The maximum atomic E-state index is 12.6. The number of para-hydroxylation sites is 1. The zero-order valence-electron chi connectivity index (χ0n) is 20.1. The standard InChI is InChI=1S/C27H31N5O2/c1-5-34-27(33)24-15-23(19-11-13-21(14-12-19)32-16-22(17-32)31(3)4)25(18(2)28)26(30-24)29-20-9-7-6-8-10-20/h6-15,22,28H,5,16-17H2,1-4H3,(H,29,30). The molecule has 34 heavy (non-hydrogen) atoms. The van der Waals surface area contributed by atoms with Gasteiger partial charge in [0.25, 0.3) is 0 Å². The Bertz CT molecular complexity index is 1170. The molecule has 0 atom stereocenters. The highest BCUT2D eigenvalue weighted by Gasteiger charge is 2.28. The molecule has 4 rings (SSSR count). The second-order valence-electron chi connectivity index (χ2n) is 8.68. The minimum absolute atomic E-state index is 0.209. The van der Waals surface area contributed by atoms with Crippen molar-refractivity contribution in [1.29, 1.82) is 5.41 Å². The first-order chi connectivity index (χ1) is 16.4. The van der Waals surface area contributed by atoms with Crippen LogP contribution in [-0.2, 0) is 4.74 Å². The van der Waals surface area contributed by atoms with Gasteiger partial charge >= 0.3 is 5.97 Å².